The van der Waals surface area contributed by atoms with Crippen LogP contribution in [0.5, 0.6) is 11.5 Å². The van der Waals surface area contributed by atoms with Crippen molar-refractivity contribution in [1.29, 1.82) is 0 Å². The number of nitrogens with zero attached hydrogens (tertiary/aromatic N) is 1. The molecule has 0 aliphatic carbocycles. The van der Waals surface area contributed by atoms with Gasteiger partial charge in [0.25, 0.3) is 0 Å². The van der Waals surface area contributed by atoms with E-state index in [-0.39, 0.29) is 42.2 Å². The summed E-state index contributed by atoms with van der Waals surface area (Å²) >= 11 is 0. The fraction of sp³-hybridized carbons (Fsp3) is 0.136. The average molecular weight is 537 g/mol. The van der Waals surface area contributed by atoms with Crippen molar-refractivity contribution in [2.45, 2.75) is 12.3 Å². The third kappa shape index (κ3) is 7.68. The minimum absolute atomic E-state index is 0. The number of benzene rings is 3. The Morgan fingerprint density at radius 3 is 2.27 bits per heavy atom. The first-order valence-electron chi connectivity index (χ1n) is 9.03. The summed E-state index contributed by atoms with van der Waals surface area (Å²) < 4.78 is 29.0. The number of aliphatic imine (C=N–C) groups is 1. The van der Waals surface area contributed by atoms with Crippen LogP contribution in [0, 0.1) is 0 Å². The van der Waals surface area contributed by atoms with Gasteiger partial charge in [-0.25, -0.2) is 13.4 Å². The largest absolute Gasteiger partial charge is 0.457 e. The average Bonchev–Trinajstić information content (AvgIpc) is 2.67. The van der Waals surface area contributed by atoms with Crippen molar-refractivity contribution in [1.82, 2.24) is 0 Å². The van der Waals surface area contributed by atoms with Crippen LogP contribution in [0.15, 0.2) is 83.9 Å². The number of nitrogens with one attached hydrogen (secondary N) is 1. The van der Waals surface area contributed by atoms with Crippen molar-refractivity contribution in [2.75, 3.05) is 11.6 Å². The summed E-state index contributed by atoms with van der Waals surface area (Å²) in [7, 11) is -3.13. The quantitative estimate of drug-likeness (QED) is 0.262. The molecular weight excluding hydrogens is 513 g/mol. The molecule has 0 radical (unpaired) electrons. The van der Waals surface area contributed by atoms with Gasteiger partial charge in [-0.2, -0.15) is 0 Å². The van der Waals surface area contributed by atoms with Gasteiger partial charge in [0.05, 0.1) is 12.3 Å². The minimum Gasteiger partial charge on any atom is -0.457 e. The highest BCUT2D eigenvalue weighted by atomic mass is 127. The third-order valence-corrected chi connectivity index (χ3v) is 4.88. The lowest BCUT2D eigenvalue weighted by Gasteiger charge is -2.10. The van der Waals surface area contributed by atoms with Crippen LogP contribution in [0.4, 0.5) is 5.69 Å². The number of sulfone groups is 1. The smallest absolute Gasteiger partial charge is 0.193 e. The fourth-order valence-electron chi connectivity index (χ4n) is 2.75. The standard InChI is InChI=1S/C22H23N3O3S.HI/c1-29(26,27)16-18-9-6-5-8-17(18)15-24-22(23)25-19-10-7-13-21(14-19)28-20-11-3-2-4-12-20;/h2-14H,15-16H2,1H3,(H3,23,24,25);1H. The van der Waals surface area contributed by atoms with Gasteiger partial charge in [-0.15, -0.1) is 24.0 Å². The lowest BCUT2D eigenvalue weighted by molar-refractivity contribution is 0.483. The van der Waals surface area contributed by atoms with Crippen molar-refractivity contribution < 1.29 is 13.2 Å². The van der Waals surface area contributed by atoms with E-state index in [2.05, 4.69) is 10.3 Å². The van der Waals surface area contributed by atoms with E-state index in [1.807, 2.05) is 72.8 Å². The highest BCUT2D eigenvalue weighted by Gasteiger charge is 2.09. The highest BCUT2D eigenvalue weighted by molar-refractivity contribution is 14.0. The van der Waals surface area contributed by atoms with Crippen LogP contribution < -0.4 is 15.8 Å². The summed E-state index contributed by atoms with van der Waals surface area (Å²) in [6, 6.07) is 24.2. The lowest BCUT2D eigenvalue weighted by atomic mass is 10.1. The van der Waals surface area contributed by atoms with Crippen molar-refractivity contribution >= 4 is 45.5 Å². The number of anilines is 1. The summed E-state index contributed by atoms with van der Waals surface area (Å²) in [5.41, 5.74) is 8.30. The summed E-state index contributed by atoms with van der Waals surface area (Å²) in [5, 5.41) is 3.04. The zero-order chi connectivity index (χ0) is 20.7. The number of nitrogens with two attached hydrogens (primary N) is 1. The molecule has 3 N–H and O–H groups in total. The number of hydrogen-bond donors (Lipinski definition) is 2. The van der Waals surface area contributed by atoms with E-state index >= 15 is 0 Å². The second-order valence-corrected chi connectivity index (χ2v) is 8.75. The van der Waals surface area contributed by atoms with Gasteiger partial charge in [0.2, 0.25) is 0 Å². The number of halogens is 1. The molecular formula is C22H24IN3O3S. The molecule has 0 bridgehead atoms. The highest BCUT2D eigenvalue weighted by Crippen LogP contribution is 2.23. The molecule has 0 saturated carbocycles. The molecule has 3 aromatic rings. The maximum absolute atomic E-state index is 11.6. The van der Waals surface area contributed by atoms with E-state index in [9.17, 15) is 8.42 Å². The van der Waals surface area contributed by atoms with Crippen LogP contribution in [-0.4, -0.2) is 20.6 Å². The van der Waals surface area contributed by atoms with Crippen LogP contribution in [0.25, 0.3) is 0 Å². The molecule has 0 heterocycles. The van der Waals surface area contributed by atoms with Crippen molar-refractivity contribution in [3.8, 4) is 11.5 Å². The van der Waals surface area contributed by atoms with E-state index in [0.29, 0.717) is 5.75 Å². The van der Waals surface area contributed by atoms with Gasteiger partial charge in [-0.1, -0.05) is 48.5 Å². The predicted octanol–water partition coefficient (Wildman–Crippen LogP) is 4.57. The summed E-state index contributed by atoms with van der Waals surface area (Å²) in [6.07, 6.45) is 1.22. The summed E-state index contributed by atoms with van der Waals surface area (Å²) in [4.78, 5) is 4.34. The molecule has 0 fully saturated rings. The Bertz CT molecular complexity index is 1100. The maximum Gasteiger partial charge on any atom is 0.193 e. The third-order valence-electron chi connectivity index (χ3n) is 4.04. The van der Waals surface area contributed by atoms with Gasteiger partial charge in [0, 0.05) is 18.0 Å². The molecule has 0 unspecified atom stereocenters. The zero-order valence-corrected chi connectivity index (χ0v) is 19.6. The number of guanidine groups is 1. The van der Waals surface area contributed by atoms with Gasteiger partial charge in [-0.3, -0.25) is 0 Å². The van der Waals surface area contributed by atoms with E-state index < -0.39 is 9.84 Å². The van der Waals surface area contributed by atoms with E-state index in [4.69, 9.17) is 10.5 Å². The van der Waals surface area contributed by atoms with Crippen LogP contribution in [0.1, 0.15) is 11.1 Å². The Morgan fingerprint density at radius 1 is 0.933 bits per heavy atom. The minimum atomic E-state index is -3.13. The predicted molar refractivity (Wildman–Crippen MR) is 132 cm³/mol. The fourth-order valence-corrected chi connectivity index (χ4v) is 3.60. The van der Waals surface area contributed by atoms with Gasteiger partial charge in [-0.05, 0) is 35.4 Å². The first kappa shape index (κ1) is 23.7. The van der Waals surface area contributed by atoms with Gasteiger partial charge in [0.15, 0.2) is 15.8 Å². The molecule has 30 heavy (non-hydrogen) atoms. The molecule has 0 aromatic heterocycles. The van der Waals surface area contributed by atoms with Crippen molar-refractivity contribution in [3.05, 3.63) is 90.0 Å². The Labute approximate surface area is 194 Å². The van der Waals surface area contributed by atoms with Crippen LogP contribution in [0.3, 0.4) is 0 Å². The zero-order valence-electron chi connectivity index (χ0n) is 16.5. The molecule has 3 aromatic carbocycles. The Hall–Kier alpha value is -2.59. The van der Waals surface area contributed by atoms with E-state index in [1.54, 1.807) is 6.07 Å². The number of rotatable bonds is 7. The van der Waals surface area contributed by atoms with Crippen molar-refractivity contribution in [3.63, 3.8) is 0 Å². The van der Waals surface area contributed by atoms with Crippen LogP contribution >= 0.6 is 24.0 Å². The lowest BCUT2D eigenvalue weighted by Crippen LogP contribution is -2.22. The normalized spacial score (nSPS) is 11.4. The first-order valence-corrected chi connectivity index (χ1v) is 11.1. The molecule has 3 rings (SSSR count). The summed E-state index contributed by atoms with van der Waals surface area (Å²) in [6.45, 7) is 0.282. The number of ether oxygens (including phenoxy) is 1. The van der Waals surface area contributed by atoms with E-state index in [1.165, 1.54) is 6.26 Å². The molecule has 0 amide bonds. The maximum atomic E-state index is 11.6. The monoisotopic (exact) mass is 537 g/mol. The second-order valence-electron chi connectivity index (χ2n) is 6.61. The molecule has 0 saturated heterocycles. The summed E-state index contributed by atoms with van der Waals surface area (Å²) in [5.74, 6) is 1.63. The van der Waals surface area contributed by atoms with Crippen LogP contribution in [0.2, 0.25) is 0 Å². The SMILES string of the molecule is CS(=O)(=O)Cc1ccccc1CN=C(N)Nc1cccc(Oc2ccccc2)c1.I. The molecule has 0 aliphatic heterocycles. The van der Waals surface area contributed by atoms with Gasteiger partial charge in [0.1, 0.15) is 11.5 Å². The first-order chi connectivity index (χ1) is 13.9. The number of hydrogen-bond acceptors (Lipinski definition) is 4. The Morgan fingerprint density at radius 2 is 1.57 bits per heavy atom. The van der Waals surface area contributed by atoms with Gasteiger partial charge >= 0.3 is 0 Å². The molecule has 6 nitrogen and oxygen atoms in total. The molecule has 0 atom stereocenters. The van der Waals surface area contributed by atoms with Gasteiger partial charge < -0.3 is 15.8 Å². The van der Waals surface area contributed by atoms with E-state index in [0.717, 1.165) is 22.6 Å². The molecule has 158 valence electrons. The Kier molecular flexibility index (Phi) is 8.67. The number of para-hydroxylation sites is 1. The van der Waals surface area contributed by atoms with Crippen LogP contribution in [-0.2, 0) is 22.1 Å². The Balaban J connectivity index is 0.00000320. The molecule has 0 aliphatic rings. The van der Waals surface area contributed by atoms with Crippen molar-refractivity contribution in [2.24, 2.45) is 10.7 Å². The second kappa shape index (κ2) is 11.0. The molecule has 8 heteroatoms. The topological polar surface area (TPSA) is 93.8 Å². The molecule has 0 spiro atoms.